The standard InChI is InChI=1S/C10H10N4O/c15-13-10(6-9-7-11-14-12-9)8-4-2-1-3-5-8/h1-5,7,15H,6H2,(H,11,12,14). The monoisotopic (exact) mass is 202 g/mol. The average molecular weight is 202 g/mol. The molecule has 2 aromatic rings. The second-order valence-electron chi connectivity index (χ2n) is 3.05. The van der Waals surface area contributed by atoms with Crippen LogP contribution in [0.5, 0.6) is 0 Å². The molecule has 0 unspecified atom stereocenters. The van der Waals surface area contributed by atoms with E-state index in [1.54, 1.807) is 6.20 Å². The first-order chi connectivity index (χ1) is 7.40. The molecule has 0 atom stereocenters. The topological polar surface area (TPSA) is 74.2 Å². The molecule has 1 heterocycles. The molecule has 0 radical (unpaired) electrons. The quantitative estimate of drug-likeness (QED) is 0.446. The molecule has 2 N–H and O–H groups in total. The molecule has 15 heavy (non-hydrogen) atoms. The number of nitrogens with one attached hydrogen (secondary N) is 1. The molecule has 0 spiro atoms. The summed E-state index contributed by atoms with van der Waals surface area (Å²) < 4.78 is 0. The van der Waals surface area contributed by atoms with E-state index in [4.69, 9.17) is 5.21 Å². The van der Waals surface area contributed by atoms with E-state index in [0.29, 0.717) is 12.1 Å². The van der Waals surface area contributed by atoms with Crippen molar-refractivity contribution < 1.29 is 5.21 Å². The summed E-state index contributed by atoms with van der Waals surface area (Å²) in [7, 11) is 0. The summed E-state index contributed by atoms with van der Waals surface area (Å²) in [6.07, 6.45) is 2.06. The first-order valence-corrected chi connectivity index (χ1v) is 4.51. The molecule has 0 fully saturated rings. The average Bonchev–Trinajstić information content (AvgIpc) is 2.80. The third-order valence-electron chi connectivity index (χ3n) is 2.04. The normalized spacial score (nSPS) is 11.6. The molecular formula is C10H10N4O. The second kappa shape index (κ2) is 4.36. The van der Waals surface area contributed by atoms with Crippen LogP contribution < -0.4 is 0 Å². The molecule has 1 aromatic heterocycles. The SMILES string of the molecule is ON=C(Cc1cn[nH]n1)c1ccccc1. The van der Waals surface area contributed by atoms with Gasteiger partial charge in [0.05, 0.1) is 17.6 Å². The van der Waals surface area contributed by atoms with Crippen molar-refractivity contribution in [2.45, 2.75) is 6.42 Å². The molecule has 0 aliphatic rings. The number of H-pyrrole nitrogens is 1. The van der Waals surface area contributed by atoms with Crippen LogP contribution in [0.25, 0.3) is 0 Å². The van der Waals surface area contributed by atoms with Gasteiger partial charge in [-0.25, -0.2) is 0 Å². The Bertz CT molecular complexity index is 436. The van der Waals surface area contributed by atoms with E-state index in [0.717, 1.165) is 11.3 Å². The fraction of sp³-hybridized carbons (Fsp3) is 0.100. The molecule has 1 aromatic carbocycles. The minimum Gasteiger partial charge on any atom is -0.411 e. The first-order valence-electron chi connectivity index (χ1n) is 4.51. The number of hydrogen-bond acceptors (Lipinski definition) is 4. The molecule has 0 aliphatic heterocycles. The Morgan fingerprint density at radius 2 is 2.13 bits per heavy atom. The summed E-state index contributed by atoms with van der Waals surface area (Å²) in [5.74, 6) is 0. The first kappa shape index (κ1) is 9.39. The fourth-order valence-corrected chi connectivity index (χ4v) is 1.31. The van der Waals surface area contributed by atoms with E-state index in [1.165, 1.54) is 0 Å². The number of rotatable bonds is 3. The van der Waals surface area contributed by atoms with Gasteiger partial charge in [0.1, 0.15) is 0 Å². The van der Waals surface area contributed by atoms with Gasteiger partial charge < -0.3 is 5.21 Å². The Labute approximate surface area is 86.4 Å². The maximum Gasteiger partial charge on any atom is 0.0928 e. The van der Waals surface area contributed by atoms with E-state index in [9.17, 15) is 0 Å². The van der Waals surface area contributed by atoms with Crippen LogP contribution in [0.15, 0.2) is 41.7 Å². The summed E-state index contributed by atoms with van der Waals surface area (Å²) in [4.78, 5) is 0. The minimum atomic E-state index is 0.455. The number of benzene rings is 1. The van der Waals surface area contributed by atoms with E-state index >= 15 is 0 Å². The molecule has 2 rings (SSSR count). The molecule has 0 amide bonds. The van der Waals surface area contributed by atoms with Gasteiger partial charge in [-0.2, -0.15) is 15.4 Å². The lowest BCUT2D eigenvalue weighted by atomic mass is 10.1. The van der Waals surface area contributed by atoms with Crippen molar-refractivity contribution in [1.29, 1.82) is 0 Å². The predicted molar refractivity (Wildman–Crippen MR) is 54.9 cm³/mol. The molecular weight excluding hydrogens is 192 g/mol. The predicted octanol–water partition coefficient (Wildman–Crippen LogP) is 1.23. The Morgan fingerprint density at radius 1 is 1.33 bits per heavy atom. The van der Waals surface area contributed by atoms with Crippen LogP contribution in [0.4, 0.5) is 0 Å². The van der Waals surface area contributed by atoms with Crippen molar-refractivity contribution >= 4 is 5.71 Å². The van der Waals surface area contributed by atoms with Gasteiger partial charge in [-0.3, -0.25) is 0 Å². The zero-order valence-corrected chi connectivity index (χ0v) is 7.96. The Morgan fingerprint density at radius 3 is 2.73 bits per heavy atom. The van der Waals surface area contributed by atoms with Crippen LogP contribution in [-0.4, -0.2) is 26.3 Å². The van der Waals surface area contributed by atoms with Crippen molar-refractivity contribution in [3.05, 3.63) is 47.8 Å². The van der Waals surface area contributed by atoms with Gasteiger partial charge in [0.15, 0.2) is 0 Å². The Balaban J connectivity index is 2.20. The lowest BCUT2D eigenvalue weighted by Crippen LogP contribution is -2.05. The van der Waals surface area contributed by atoms with Gasteiger partial charge in [0.25, 0.3) is 0 Å². The smallest absolute Gasteiger partial charge is 0.0928 e. The highest BCUT2D eigenvalue weighted by molar-refractivity contribution is 6.01. The molecule has 0 saturated carbocycles. The van der Waals surface area contributed by atoms with Crippen molar-refractivity contribution in [2.24, 2.45) is 5.16 Å². The van der Waals surface area contributed by atoms with Crippen LogP contribution >= 0.6 is 0 Å². The zero-order valence-electron chi connectivity index (χ0n) is 7.96. The summed E-state index contributed by atoms with van der Waals surface area (Å²) >= 11 is 0. The van der Waals surface area contributed by atoms with Gasteiger partial charge >= 0.3 is 0 Å². The summed E-state index contributed by atoms with van der Waals surface area (Å²) in [5, 5.41) is 22.3. The third-order valence-corrected chi connectivity index (χ3v) is 2.04. The molecule has 5 heteroatoms. The molecule has 5 nitrogen and oxygen atoms in total. The maximum atomic E-state index is 8.91. The Kier molecular flexibility index (Phi) is 2.73. The van der Waals surface area contributed by atoms with Crippen LogP contribution in [0.3, 0.4) is 0 Å². The van der Waals surface area contributed by atoms with Crippen LogP contribution in [0.2, 0.25) is 0 Å². The van der Waals surface area contributed by atoms with E-state index in [1.807, 2.05) is 30.3 Å². The highest BCUT2D eigenvalue weighted by atomic mass is 16.4. The van der Waals surface area contributed by atoms with Gasteiger partial charge in [0, 0.05) is 6.42 Å². The van der Waals surface area contributed by atoms with Crippen molar-refractivity contribution in [1.82, 2.24) is 15.4 Å². The lowest BCUT2D eigenvalue weighted by molar-refractivity contribution is 0.318. The second-order valence-corrected chi connectivity index (χ2v) is 3.05. The van der Waals surface area contributed by atoms with Gasteiger partial charge in [-0.1, -0.05) is 35.5 Å². The Hall–Kier alpha value is -2.17. The van der Waals surface area contributed by atoms with E-state index in [2.05, 4.69) is 20.6 Å². The fourth-order valence-electron chi connectivity index (χ4n) is 1.31. The van der Waals surface area contributed by atoms with Crippen molar-refractivity contribution in [3.8, 4) is 0 Å². The van der Waals surface area contributed by atoms with E-state index < -0.39 is 0 Å². The maximum absolute atomic E-state index is 8.91. The van der Waals surface area contributed by atoms with Crippen LogP contribution in [0, 0.1) is 0 Å². The van der Waals surface area contributed by atoms with Gasteiger partial charge in [-0.15, -0.1) is 0 Å². The highest BCUT2D eigenvalue weighted by Crippen LogP contribution is 2.05. The van der Waals surface area contributed by atoms with Gasteiger partial charge in [-0.05, 0) is 5.56 Å². The van der Waals surface area contributed by atoms with E-state index in [-0.39, 0.29) is 0 Å². The van der Waals surface area contributed by atoms with Crippen molar-refractivity contribution in [3.63, 3.8) is 0 Å². The molecule has 76 valence electrons. The number of hydrogen-bond donors (Lipinski definition) is 2. The summed E-state index contributed by atoms with van der Waals surface area (Å²) in [6.45, 7) is 0. The largest absolute Gasteiger partial charge is 0.411 e. The lowest BCUT2D eigenvalue weighted by Gasteiger charge is -2.01. The number of aromatic nitrogens is 3. The van der Waals surface area contributed by atoms with Crippen LogP contribution in [-0.2, 0) is 6.42 Å². The summed E-state index contributed by atoms with van der Waals surface area (Å²) in [6, 6.07) is 9.46. The molecule has 0 saturated heterocycles. The number of aromatic amines is 1. The minimum absolute atomic E-state index is 0.455. The van der Waals surface area contributed by atoms with Crippen LogP contribution in [0.1, 0.15) is 11.3 Å². The zero-order chi connectivity index (χ0) is 10.5. The number of nitrogens with zero attached hydrogens (tertiary/aromatic N) is 3. The highest BCUT2D eigenvalue weighted by Gasteiger charge is 2.06. The van der Waals surface area contributed by atoms with Gasteiger partial charge in [0.2, 0.25) is 0 Å². The van der Waals surface area contributed by atoms with Crippen molar-refractivity contribution in [2.75, 3.05) is 0 Å². The summed E-state index contributed by atoms with van der Waals surface area (Å²) in [5.41, 5.74) is 2.19. The molecule has 0 aliphatic carbocycles. The molecule has 0 bridgehead atoms. The third kappa shape index (κ3) is 2.19. The number of oxime groups is 1.